The number of hydrogen-bond donors (Lipinski definition) is 2. The lowest BCUT2D eigenvalue weighted by atomic mass is 10.1. The number of carbonyl (C=O) groups is 1. The van der Waals surface area contributed by atoms with Gasteiger partial charge in [-0.1, -0.05) is 12.1 Å². The van der Waals surface area contributed by atoms with Crippen molar-refractivity contribution in [1.82, 2.24) is 0 Å². The first kappa shape index (κ1) is 16.3. The molecule has 2 N–H and O–H groups in total. The Morgan fingerprint density at radius 3 is 2.73 bits per heavy atom. The van der Waals surface area contributed by atoms with Crippen molar-refractivity contribution in [3.63, 3.8) is 0 Å². The van der Waals surface area contributed by atoms with Gasteiger partial charge in [-0.2, -0.15) is 0 Å². The summed E-state index contributed by atoms with van der Waals surface area (Å²) in [5, 5.41) is 10.4. The van der Waals surface area contributed by atoms with E-state index < -0.39 is 16.0 Å². The van der Waals surface area contributed by atoms with Crippen LogP contribution < -0.4 is 9.46 Å². The quantitative estimate of drug-likeness (QED) is 0.807. The third-order valence-electron chi connectivity index (χ3n) is 2.90. The Morgan fingerprint density at radius 2 is 2.14 bits per heavy atom. The maximum Gasteiger partial charge on any atom is 0.303 e. The summed E-state index contributed by atoms with van der Waals surface area (Å²) in [5.41, 5.74) is 1.01. The van der Waals surface area contributed by atoms with E-state index in [9.17, 15) is 13.2 Å². The Morgan fingerprint density at radius 1 is 1.36 bits per heavy atom. The van der Waals surface area contributed by atoms with Crippen LogP contribution in [0.1, 0.15) is 12.0 Å². The van der Waals surface area contributed by atoms with Gasteiger partial charge < -0.3 is 9.84 Å². The SMILES string of the molecule is COc1ccc(CCC(=O)O)cc1NS(=O)(=O)c1cccs1. The minimum absolute atomic E-state index is 0.0244. The third-order valence-corrected chi connectivity index (χ3v) is 5.66. The number of aryl methyl sites for hydroxylation is 1. The highest BCUT2D eigenvalue weighted by Gasteiger charge is 2.18. The Bertz CT molecular complexity index is 754. The van der Waals surface area contributed by atoms with Gasteiger partial charge in [-0.25, -0.2) is 8.42 Å². The summed E-state index contributed by atoms with van der Waals surface area (Å²) < 4.78 is 32.3. The number of anilines is 1. The highest BCUT2D eigenvalue weighted by Crippen LogP contribution is 2.29. The third kappa shape index (κ3) is 3.99. The van der Waals surface area contributed by atoms with E-state index >= 15 is 0 Å². The zero-order valence-corrected chi connectivity index (χ0v) is 13.4. The predicted octanol–water partition coefficient (Wildman–Crippen LogP) is 2.57. The van der Waals surface area contributed by atoms with Gasteiger partial charge in [-0.3, -0.25) is 9.52 Å². The molecule has 0 aliphatic carbocycles. The molecule has 0 saturated carbocycles. The van der Waals surface area contributed by atoms with Crippen LogP contribution in [0.15, 0.2) is 39.9 Å². The van der Waals surface area contributed by atoms with Gasteiger partial charge >= 0.3 is 5.97 Å². The van der Waals surface area contributed by atoms with Crippen LogP contribution >= 0.6 is 11.3 Å². The molecule has 8 heteroatoms. The molecule has 1 heterocycles. The highest BCUT2D eigenvalue weighted by atomic mass is 32.2. The van der Waals surface area contributed by atoms with Crippen molar-refractivity contribution in [3.8, 4) is 5.75 Å². The number of rotatable bonds is 7. The fourth-order valence-electron chi connectivity index (χ4n) is 1.85. The van der Waals surface area contributed by atoms with Crippen LogP contribution in [0, 0.1) is 0 Å². The molecular formula is C14H15NO5S2. The fraction of sp³-hybridized carbons (Fsp3) is 0.214. The number of aliphatic carboxylic acids is 1. The molecule has 0 spiro atoms. The molecule has 1 aromatic carbocycles. The second-order valence-corrected chi connectivity index (χ2v) is 7.32. The van der Waals surface area contributed by atoms with Gasteiger partial charge in [0.2, 0.25) is 0 Å². The van der Waals surface area contributed by atoms with Gasteiger partial charge in [0.25, 0.3) is 10.0 Å². The molecule has 0 bridgehead atoms. The zero-order chi connectivity index (χ0) is 16.2. The van der Waals surface area contributed by atoms with Gasteiger partial charge in [0.15, 0.2) is 0 Å². The molecule has 2 aromatic rings. The maximum absolute atomic E-state index is 12.3. The number of nitrogens with one attached hydrogen (secondary N) is 1. The minimum Gasteiger partial charge on any atom is -0.495 e. The van der Waals surface area contributed by atoms with Crippen LogP contribution in [0.4, 0.5) is 5.69 Å². The Kier molecular flexibility index (Phi) is 5.04. The number of methoxy groups -OCH3 is 1. The van der Waals surface area contributed by atoms with Crippen LogP contribution in [0.25, 0.3) is 0 Å². The summed E-state index contributed by atoms with van der Waals surface area (Å²) in [6.07, 6.45) is 0.288. The monoisotopic (exact) mass is 341 g/mol. The maximum atomic E-state index is 12.3. The van der Waals surface area contributed by atoms with Crippen LogP contribution in [-0.2, 0) is 21.2 Å². The van der Waals surface area contributed by atoms with Crippen LogP contribution in [0.3, 0.4) is 0 Å². The lowest BCUT2D eigenvalue weighted by Crippen LogP contribution is -2.12. The molecule has 2 rings (SSSR count). The van der Waals surface area contributed by atoms with Gasteiger partial charge in [0.05, 0.1) is 12.8 Å². The Labute approximate surface area is 132 Å². The number of hydrogen-bond acceptors (Lipinski definition) is 5. The molecule has 0 fully saturated rings. The number of sulfonamides is 1. The smallest absolute Gasteiger partial charge is 0.303 e. The summed E-state index contributed by atoms with van der Waals surface area (Å²) >= 11 is 1.11. The number of carboxylic acid groups (broad SMARTS) is 1. The predicted molar refractivity (Wildman–Crippen MR) is 84.1 cm³/mol. The highest BCUT2D eigenvalue weighted by molar-refractivity contribution is 7.94. The summed E-state index contributed by atoms with van der Waals surface area (Å²) in [4.78, 5) is 10.6. The van der Waals surface area contributed by atoms with E-state index in [1.54, 1.807) is 29.6 Å². The average molecular weight is 341 g/mol. The molecular weight excluding hydrogens is 326 g/mol. The summed E-state index contributed by atoms with van der Waals surface area (Å²) in [5.74, 6) is -0.532. The first-order chi connectivity index (χ1) is 10.4. The Hall–Kier alpha value is -2.06. The topological polar surface area (TPSA) is 92.7 Å². The first-order valence-corrected chi connectivity index (χ1v) is 8.73. The molecule has 0 radical (unpaired) electrons. The van der Waals surface area contributed by atoms with E-state index in [0.717, 1.165) is 11.3 Å². The normalized spacial score (nSPS) is 11.1. The van der Waals surface area contributed by atoms with E-state index in [1.807, 2.05) is 0 Å². The number of benzene rings is 1. The van der Waals surface area contributed by atoms with E-state index in [1.165, 1.54) is 13.2 Å². The molecule has 0 unspecified atom stereocenters. The summed E-state index contributed by atoms with van der Waals surface area (Å²) in [7, 11) is -2.24. The molecule has 1 aromatic heterocycles. The van der Waals surface area contributed by atoms with Crippen LogP contribution in [-0.4, -0.2) is 26.6 Å². The minimum atomic E-state index is -3.68. The van der Waals surface area contributed by atoms with Gasteiger partial charge in [0, 0.05) is 6.42 Å². The molecule has 0 amide bonds. The molecule has 22 heavy (non-hydrogen) atoms. The molecule has 0 saturated heterocycles. The molecule has 0 aliphatic heterocycles. The van der Waals surface area contributed by atoms with Gasteiger partial charge in [-0.15, -0.1) is 11.3 Å². The average Bonchev–Trinajstić information content (AvgIpc) is 3.00. The summed E-state index contributed by atoms with van der Waals surface area (Å²) in [6.45, 7) is 0. The first-order valence-electron chi connectivity index (χ1n) is 6.37. The van der Waals surface area contributed by atoms with Gasteiger partial charge in [0.1, 0.15) is 9.96 Å². The van der Waals surface area contributed by atoms with E-state index in [4.69, 9.17) is 9.84 Å². The Balaban J connectivity index is 2.28. The molecule has 6 nitrogen and oxygen atoms in total. The van der Waals surface area contributed by atoms with E-state index in [0.29, 0.717) is 23.4 Å². The van der Waals surface area contributed by atoms with Crippen molar-refractivity contribution in [1.29, 1.82) is 0 Å². The van der Waals surface area contributed by atoms with Crippen molar-refractivity contribution in [2.24, 2.45) is 0 Å². The van der Waals surface area contributed by atoms with Gasteiger partial charge in [-0.05, 0) is 35.6 Å². The van der Waals surface area contributed by atoms with Crippen molar-refractivity contribution in [2.45, 2.75) is 17.1 Å². The largest absolute Gasteiger partial charge is 0.495 e. The molecule has 0 aliphatic rings. The zero-order valence-electron chi connectivity index (χ0n) is 11.8. The van der Waals surface area contributed by atoms with Crippen molar-refractivity contribution in [3.05, 3.63) is 41.3 Å². The second kappa shape index (κ2) is 6.80. The van der Waals surface area contributed by atoms with E-state index in [2.05, 4.69) is 4.72 Å². The van der Waals surface area contributed by atoms with Crippen molar-refractivity contribution in [2.75, 3.05) is 11.8 Å². The number of ether oxygens (including phenoxy) is 1. The lowest BCUT2D eigenvalue weighted by Gasteiger charge is -2.12. The second-order valence-electron chi connectivity index (χ2n) is 4.47. The number of thiophene rings is 1. The lowest BCUT2D eigenvalue weighted by molar-refractivity contribution is -0.136. The van der Waals surface area contributed by atoms with Crippen LogP contribution in [0.5, 0.6) is 5.75 Å². The van der Waals surface area contributed by atoms with E-state index in [-0.39, 0.29) is 10.6 Å². The molecule has 118 valence electrons. The number of carboxylic acids is 1. The van der Waals surface area contributed by atoms with Crippen molar-refractivity contribution < 1.29 is 23.1 Å². The van der Waals surface area contributed by atoms with Crippen LogP contribution in [0.2, 0.25) is 0 Å². The van der Waals surface area contributed by atoms with Crippen molar-refractivity contribution >= 4 is 33.0 Å². The summed E-state index contributed by atoms with van der Waals surface area (Å²) in [6, 6.07) is 8.08. The molecule has 0 atom stereocenters. The standard InChI is InChI=1S/C14H15NO5S2/c1-20-12-6-4-10(5-7-13(16)17)9-11(12)15-22(18,19)14-3-2-8-21-14/h2-4,6,8-9,15H,5,7H2,1H3,(H,16,17). The fourth-order valence-corrected chi connectivity index (χ4v) is 3.91.